The molecule has 0 bridgehead atoms. The van der Waals surface area contributed by atoms with E-state index in [2.05, 4.69) is 5.32 Å². The number of carboxylic acid groups (broad SMARTS) is 1. The maximum atomic E-state index is 11.6. The van der Waals surface area contributed by atoms with Crippen molar-refractivity contribution in [3.63, 3.8) is 0 Å². The summed E-state index contributed by atoms with van der Waals surface area (Å²) in [5.74, 6) is 0.551. The Hall–Kier alpha value is -1.43. The van der Waals surface area contributed by atoms with Gasteiger partial charge < -0.3 is 14.8 Å². The number of rotatable bonds is 3. The quantitative estimate of drug-likeness (QED) is 0.831. The summed E-state index contributed by atoms with van der Waals surface area (Å²) < 4.78 is 4.90. The van der Waals surface area contributed by atoms with Gasteiger partial charge in [0, 0.05) is 17.9 Å². The second-order valence-corrected chi connectivity index (χ2v) is 4.69. The zero-order valence-corrected chi connectivity index (χ0v) is 9.25. The van der Waals surface area contributed by atoms with Crippen LogP contribution in [0.3, 0.4) is 0 Å². The van der Waals surface area contributed by atoms with Crippen LogP contribution in [0.15, 0.2) is 16.7 Å². The minimum atomic E-state index is -1.10. The van der Waals surface area contributed by atoms with Crippen LogP contribution in [0.25, 0.3) is 0 Å². The van der Waals surface area contributed by atoms with E-state index in [0.717, 1.165) is 24.2 Å². The van der Waals surface area contributed by atoms with Crippen LogP contribution < -0.4 is 5.32 Å². The van der Waals surface area contributed by atoms with Gasteiger partial charge in [0.1, 0.15) is 6.26 Å². The van der Waals surface area contributed by atoms with Gasteiger partial charge in [0.05, 0.1) is 5.56 Å². The molecular formula is C10H11NO4S. The second kappa shape index (κ2) is 4.61. The van der Waals surface area contributed by atoms with Gasteiger partial charge in [0.25, 0.3) is 5.91 Å². The van der Waals surface area contributed by atoms with Crippen LogP contribution >= 0.6 is 11.8 Å². The van der Waals surface area contributed by atoms with Crippen molar-refractivity contribution in [2.45, 2.75) is 12.5 Å². The van der Waals surface area contributed by atoms with Gasteiger partial charge in [-0.05, 0) is 12.2 Å². The van der Waals surface area contributed by atoms with E-state index in [-0.39, 0.29) is 23.3 Å². The zero-order chi connectivity index (χ0) is 11.5. The molecule has 5 nitrogen and oxygen atoms in total. The lowest BCUT2D eigenvalue weighted by Crippen LogP contribution is -2.34. The number of carboxylic acids is 1. The highest BCUT2D eigenvalue weighted by Gasteiger charge is 2.21. The minimum Gasteiger partial charge on any atom is -0.478 e. The fraction of sp³-hybridized carbons (Fsp3) is 0.400. The number of hydrogen-bond acceptors (Lipinski definition) is 4. The maximum Gasteiger partial charge on any atom is 0.338 e. The molecule has 0 aromatic carbocycles. The minimum absolute atomic E-state index is 0.00838. The molecule has 1 aliphatic rings. The van der Waals surface area contributed by atoms with Gasteiger partial charge in [-0.15, -0.1) is 0 Å². The first-order valence-electron chi connectivity index (χ1n) is 4.87. The SMILES string of the molecule is O=C(O)c1coc(C(=O)NC2CCSC2)c1. The smallest absolute Gasteiger partial charge is 0.338 e. The van der Waals surface area contributed by atoms with E-state index in [9.17, 15) is 9.59 Å². The van der Waals surface area contributed by atoms with Gasteiger partial charge in [-0.2, -0.15) is 11.8 Å². The third kappa shape index (κ3) is 2.38. The third-order valence-electron chi connectivity index (χ3n) is 2.34. The molecule has 1 saturated heterocycles. The average Bonchev–Trinajstić information content (AvgIpc) is 2.86. The lowest BCUT2D eigenvalue weighted by molar-refractivity contribution is 0.0695. The van der Waals surface area contributed by atoms with Crippen LogP contribution in [0.5, 0.6) is 0 Å². The molecule has 1 aromatic heterocycles. The number of carbonyl (C=O) groups is 2. The molecule has 1 fully saturated rings. The van der Waals surface area contributed by atoms with Crippen LogP contribution in [-0.4, -0.2) is 34.5 Å². The van der Waals surface area contributed by atoms with Gasteiger partial charge in [0.2, 0.25) is 0 Å². The molecule has 0 saturated carbocycles. The summed E-state index contributed by atoms with van der Waals surface area (Å²) in [7, 11) is 0. The second-order valence-electron chi connectivity index (χ2n) is 3.54. The first-order valence-corrected chi connectivity index (χ1v) is 6.02. The average molecular weight is 241 g/mol. The Morgan fingerprint density at radius 1 is 1.56 bits per heavy atom. The first-order chi connectivity index (χ1) is 7.66. The van der Waals surface area contributed by atoms with Crippen LogP contribution in [0, 0.1) is 0 Å². The Balaban J connectivity index is 1.99. The third-order valence-corrected chi connectivity index (χ3v) is 3.50. The van der Waals surface area contributed by atoms with E-state index in [1.807, 2.05) is 0 Å². The number of thioether (sulfide) groups is 1. The van der Waals surface area contributed by atoms with Crippen LogP contribution in [0.2, 0.25) is 0 Å². The van der Waals surface area contributed by atoms with Crippen molar-refractivity contribution >= 4 is 23.6 Å². The molecule has 6 heteroatoms. The number of aromatic carboxylic acids is 1. The van der Waals surface area contributed by atoms with Crippen molar-refractivity contribution in [1.29, 1.82) is 0 Å². The highest BCUT2D eigenvalue weighted by molar-refractivity contribution is 7.99. The van der Waals surface area contributed by atoms with E-state index in [1.54, 1.807) is 11.8 Å². The Morgan fingerprint density at radius 2 is 2.38 bits per heavy atom. The molecule has 86 valence electrons. The number of amides is 1. The molecule has 1 aliphatic heterocycles. The van der Waals surface area contributed by atoms with E-state index in [4.69, 9.17) is 9.52 Å². The van der Waals surface area contributed by atoms with Crippen LogP contribution in [-0.2, 0) is 0 Å². The van der Waals surface area contributed by atoms with E-state index in [0.29, 0.717) is 0 Å². The molecule has 1 amide bonds. The fourth-order valence-electron chi connectivity index (χ4n) is 1.47. The van der Waals surface area contributed by atoms with Gasteiger partial charge in [0.15, 0.2) is 5.76 Å². The normalized spacial score (nSPS) is 19.6. The van der Waals surface area contributed by atoms with Crippen molar-refractivity contribution in [3.8, 4) is 0 Å². The Bertz CT molecular complexity index is 409. The Labute approximate surface area is 96.2 Å². The zero-order valence-electron chi connectivity index (χ0n) is 8.43. The molecular weight excluding hydrogens is 230 g/mol. The summed E-state index contributed by atoms with van der Waals surface area (Å²) in [6, 6.07) is 1.40. The molecule has 16 heavy (non-hydrogen) atoms. The van der Waals surface area contributed by atoms with Gasteiger partial charge in [-0.1, -0.05) is 0 Å². The van der Waals surface area contributed by atoms with Crippen molar-refractivity contribution in [1.82, 2.24) is 5.32 Å². The first kappa shape index (κ1) is 11.1. The molecule has 2 rings (SSSR count). The molecule has 1 aromatic rings. The number of nitrogens with one attached hydrogen (secondary N) is 1. The number of hydrogen-bond donors (Lipinski definition) is 2. The molecule has 0 radical (unpaired) electrons. The lowest BCUT2D eigenvalue weighted by atomic mass is 10.2. The van der Waals surface area contributed by atoms with Crippen molar-refractivity contribution < 1.29 is 19.1 Å². The van der Waals surface area contributed by atoms with Crippen molar-refractivity contribution in [3.05, 3.63) is 23.7 Å². The van der Waals surface area contributed by atoms with E-state index < -0.39 is 5.97 Å². The van der Waals surface area contributed by atoms with E-state index in [1.165, 1.54) is 6.07 Å². The predicted molar refractivity (Wildman–Crippen MR) is 58.9 cm³/mol. The Kier molecular flexibility index (Phi) is 3.19. The topological polar surface area (TPSA) is 79.5 Å². The predicted octanol–water partition coefficient (Wildman–Crippen LogP) is 1.21. The van der Waals surface area contributed by atoms with Crippen molar-refractivity contribution in [2.75, 3.05) is 11.5 Å². The van der Waals surface area contributed by atoms with Crippen molar-refractivity contribution in [2.24, 2.45) is 0 Å². The largest absolute Gasteiger partial charge is 0.478 e. The summed E-state index contributed by atoms with van der Waals surface area (Å²) in [6.07, 6.45) is 2.02. The highest BCUT2D eigenvalue weighted by Crippen LogP contribution is 2.17. The monoisotopic (exact) mass is 241 g/mol. The number of carbonyl (C=O) groups excluding carboxylic acids is 1. The lowest BCUT2D eigenvalue weighted by Gasteiger charge is -2.08. The molecule has 2 heterocycles. The molecule has 0 spiro atoms. The van der Waals surface area contributed by atoms with E-state index >= 15 is 0 Å². The summed E-state index contributed by atoms with van der Waals surface area (Å²) >= 11 is 1.79. The molecule has 1 atom stereocenters. The molecule has 0 aliphatic carbocycles. The summed E-state index contributed by atoms with van der Waals surface area (Å²) in [5, 5.41) is 11.5. The van der Waals surface area contributed by atoms with Gasteiger partial charge in [-0.3, -0.25) is 4.79 Å². The summed E-state index contributed by atoms with van der Waals surface area (Å²) in [4.78, 5) is 22.2. The molecule has 1 unspecified atom stereocenters. The Morgan fingerprint density at radius 3 is 2.94 bits per heavy atom. The fourth-order valence-corrected chi connectivity index (χ4v) is 2.62. The van der Waals surface area contributed by atoms with Gasteiger partial charge >= 0.3 is 5.97 Å². The van der Waals surface area contributed by atoms with Crippen LogP contribution in [0.4, 0.5) is 0 Å². The highest BCUT2D eigenvalue weighted by atomic mass is 32.2. The summed E-state index contributed by atoms with van der Waals surface area (Å²) in [5.41, 5.74) is -0.00838. The maximum absolute atomic E-state index is 11.6. The summed E-state index contributed by atoms with van der Waals surface area (Å²) in [6.45, 7) is 0. The van der Waals surface area contributed by atoms with Crippen LogP contribution in [0.1, 0.15) is 27.3 Å². The molecule has 2 N–H and O–H groups in total. The standard InChI is InChI=1S/C10H11NO4S/c12-9(11-7-1-2-16-5-7)8-3-6(4-15-8)10(13)14/h3-4,7H,1-2,5H2,(H,11,12)(H,13,14). The number of furan rings is 1. The van der Waals surface area contributed by atoms with Gasteiger partial charge in [-0.25, -0.2) is 4.79 Å².